The lowest BCUT2D eigenvalue weighted by molar-refractivity contribution is 0.407. The first-order chi connectivity index (χ1) is 9.02. The van der Waals surface area contributed by atoms with E-state index in [2.05, 4.69) is 6.07 Å². The molecule has 0 bridgehead atoms. The summed E-state index contributed by atoms with van der Waals surface area (Å²) in [5.41, 5.74) is 2.19. The molecule has 0 radical (unpaired) electrons. The Bertz CT molecular complexity index is 623. The largest absolute Gasteiger partial charge is 0.496 e. The van der Waals surface area contributed by atoms with Crippen LogP contribution in [-0.2, 0) is 6.54 Å². The summed E-state index contributed by atoms with van der Waals surface area (Å²) in [6.45, 7) is 6.56. The van der Waals surface area contributed by atoms with Gasteiger partial charge in [-0.05, 0) is 26.8 Å². The van der Waals surface area contributed by atoms with Crippen LogP contribution in [0.25, 0.3) is 0 Å². The molecule has 0 aliphatic carbocycles. The molecule has 0 atom stereocenters. The Morgan fingerprint density at radius 3 is 2.58 bits per heavy atom. The van der Waals surface area contributed by atoms with Crippen LogP contribution in [0.3, 0.4) is 0 Å². The van der Waals surface area contributed by atoms with E-state index in [1.165, 1.54) is 0 Å². The maximum absolute atomic E-state index is 12.2. The fraction of sp³-hybridized carbons (Fsp3) is 0.400. The van der Waals surface area contributed by atoms with Crippen LogP contribution in [0.1, 0.15) is 31.0 Å². The first-order valence-electron chi connectivity index (χ1n) is 6.43. The second-order valence-electron chi connectivity index (χ2n) is 5.02. The summed E-state index contributed by atoms with van der Waals surface area (Å²) in [5.74, 6) is 0.815. The highest BCUT2D eigenvalue weighted by molar-refractivity contribution is 5.37. The van der Waals surface area contributed by atoms with Crippen molar-refractivity contribution in [2.75, 3.05) is 7.11 Å². The Labute approximate surface area is 113 Å². The van der Waals surface area contributed by atoms with Gasteiger partial charge in [0.15, 0.2) is 0 Å². The van der Waals surface area contributed by atoms with E-state index in [-0.39, 0.29) is 11.7 Å². The van der Waals surface area contributed by atoms with Crippen molar-refractivity contribution in [2.24, 2.45) is 0 Å². The lowest BCUT2D eigenvalue weighted by atomic mass is 10.1. The molecule has 2 rings (SSSR count). The molecular formula is C15H20N2O2. The van der Waals surface area contributed by atoms with Gasteiger partial charge in [0.05, 0.1) is 13.7 Å². The van der Waals surface area contributed by atoms with Crippen LogP contribution in [-0.4, -0.2) is 16.2 Å². The smallest absolute Gasteiger partial charge is 0.328 e. The molecule has 0 spiro atoms. The standard InChI is InChI=1S/C15H20N2O2/c1-11(2)17-8-7-16(15(17)18)10-13-9-12(3)5-6-14(13)19-4/h5-9,11H,10H2,1-4H3. The van der Waals surface area contributed by atoms with E-state index in [1.54, 1.807) is 16.2 Å². The monoisotopic (exact) mass is 260 g/mol. The van der Waals surface area contributed by atoms with Crippen LogP contribution in [0.15, 0.2) is 35.4 Å². The maximum Gasteiger partial charge on any atom is 0.328 e. The minimum absolute atomic E-state index is 0.0126. The molecule has 0 amide bonds. The normalized spacial score (nSPS) is 11.0. The van der Waals surface area contributed by atoms with E-state index in [1.807, 2.05) is 45.3 Å². The summed E-state index contributed by atoms with van der Waals surface area (Å²) >= 11 is 0. The molecule has 0 saturated carbocycles. The number of nitrogens with zero attached hydrogens (tertiary/aromatic N) is 2. The molecule has 0 saturated heterocycles. The van der Waals surface area contributed by atoms with Gasteiger partial charge in [0, 0.05) is 24.0 Å². The summed E-state index contributed by atoms with van der Waals surface area (Å²) in [6, 6.07) is 6.17. The molecule has 19 heavy (non-hydrogen) atoms. The van der Waals surface area contributed by atoms with E-state index in [0.29, 0.717) is 6.54 Å². The van der Waals surface area contributed by atoms with Crippen LogP contribution >= 0.6 is 0 Å². The van der Waals surface area contributed by atoms with Crippen molar-refractivity contribution < 1.29 is 4.74 Å². The molecule has 0 aliphatic rings. The second-order valence-corrected chi connectivity index (χ2v) is 5.02. The minimum Gasteiger partial charge on any atom is -0.496 e. The van der Waals surface area contributed by atoms with Crippen LogP contribution in [0.4, 0.5) is 0 Å². The number of methoxy groups -OCH3 is 1. The number of ether oxygens (including phenoxy) is 1. The molecule has 2 aromatic rings. The molecule has 0 fully saturated rings. The van der Waals surface area contributed by atoms with Gasteiger partial charge in [-0.2, -0.15) is 0 Å². The first-order valence-corrected chi connectivity index (χ1v) is 6.43. The highest BCUT2D eigenvalue weighted by Crippen LogP contribution is 2.20. The fourth-order valence-corrected chi connectivity index (χ4v) is 2.16. The molecule has 1 heterocycles. The summed E-state index contributed by atoms with van der Waals surface area (Å²) in [6.07, 6.45) is 3.65. The van der Waals surface area contributed by atoms with Gasteiger partial charge in [0.1, 0.15) is 5.75 Å². The number of aryl methyl sites for hydroxylation is 1. The van der Waals surface area contributed by atoms with Crippen molar-refractivity contribution in [1.29, 1.82) is 0 Å². The predicted molar refractivity (Wildman–Crippen MR) is 75.9 cm³/mol. The number of aromatic nitrogens is 2. The van der Waals surface area contributed by atoms with E-state index in [0.717, 1.165) is 16.9 Å². The Kier molecular flexibility index (Phi) is 3.79. The summed E-state index contributed by atoms with van der Waals surface area (Å²) in [5, 5.41) is 0. The third-order valence-electron chi connectivity index (χ3n) is 3.21. The van der Waals surface area contributed by atoms with Gasteiger partial charge in [-0.3, -0.25) is 9.13 Å². The van der Waals surface area contributed by atoms with Gasteiger partial charge in [0.2, 0.25) is 0 Å². The Hall–Kier alpha value is -1.97. The van der Waals surface area contributed by atoms with E-state index in [4.69, 9.17) is 4.74 Å². The Morgan fingerprint density at radius 1 is 1.26 bits per heavy atom. The number of hydrogen-bond donors (Lipinski definition) is 0. The van der Waals surface area contributed by atoms with Crippen molar-refractivity contribution in [1.82, 2.24) is 9.13 Å². The van der Waals surface area contributed by atoms with Gasteiger partial charge in [0.25, 0.3) is 0 Å². The zero-order chi connectivity index (χ0) is 14.0. The van der Waals surface area contributed by atoms with Crippen molar-refractivity contribution in [3.63, 3.8) is 0 Å². The van der Waals surface area contributed by atoms with Crippen LogP contribution in [0.2, 0.25) is 0 Å². The molecule has 102 valence electrons. The lowest BCUT2D eigenvalue weighted by Crippen LogP contribution is -2.25. The third kappa shape index (κ3) is 2.72. The highest BCUT2D eigenvalue weighted by Gasteiger charge is 2.09. The maximum atomic E-state index is 12.2. The average molecular weight is 260 g/mol. The zero-order valence-electron chi connectivity index (χ0n) is 11.9. The molecular weight excluding hydrogens is 240 g/mol. The molecule has 0 N–H and O–H groups in total. The van der Waals surface area contributed by atoms with Crippen LogP contribution in [0.5, 0.6) is 5.75 Å². The Morgan fingerprint density at radius 2 is 2.00 bits per heavy atom. The minimum atomic E-state index is 0.0126. The van der Waals surface area contributed by atoms with E-state index >= 15 is 0 Å². The number of hydrogen-bond acceptors (Lipinski definition) is 2. The molecule has 4 heteroatoms. The molecule has 1 aromatic carbocycles. The fourth-order valence-electron chi connectivity index (χ4n) is 2.16. The summed E-state index contributed by atoms with van der Waals surface area (Å²) in [7, 11) is 1.65. The second kappa shape index (κ2) is 5.34. The molecule has 4 nitrogen and oxygen atoms in total. The summed E-state index contributed by atoms with van der Waals surface area (Å²) < 4.78 is 8.77. The van der Waals surface area contributed by atoms with Gasteiger partial charge >= 0.3 is 5.69 Å². The molecule has 0 aliphatic heterocycles. The van der Waals surface area contributed by atoms with Gasteiger partial charge in [-0.15, -0.1) is 0 Å². The van der Waals surface area contributed by atoms with E-state index < -0.39 is 0 Å². The average Bonchev–Trinajstić information content (AvgIpc) is 2.71. The number of benzene rings is 1. The number of imidazole rings is 1. The third-order valence-corrected chi connectivity index (χ3v) is 3.21. The number of rotatable bonds is 4. The summed E-state index contributed by atoms with van der Waals surface area (Å²) in [4.78, 5) is 12.2. The van der Waals surface area contributed by atoms with Crippen LogP contribution in [0, 0.1) is 6.92 Å². The zero-order valence-corrected chi connectivity index (χ0v) is 11.9. The van der Waals surface area contributed by atoms with Crippen molar-refractivity contribution in [2.45, 2.75) is 33.4 Å². The Balaban J connectivity index is 2.36. The molecule has 0 unspecified atom stereocenters. The quantitative estimate of drug-likeness (QED) is 0.847. The highest BCUT2D eigenvalue weighted by atomic mass is 16.5. The molecule has 1 aromatic heterocycles. The van der Waals surface area contributed by atoms with Crippen molar-refractivity contribution in [3.05, 3.63) is 52.2 Å². The predicted octanol–water partition coefficient (Wildman–Crippen LogP) is 2.60. The lowest BCUT2D eigenvalue weighted by Gasteiger charge is -2.10. The van der Waals surface area contributed by atoms with Crippen LogP contribution < -0.4 is 10.4 Å². The van der Waals surface area contributed by atoms with E-state index in [9.17, 15) is 4.79 Å². The SMILES string of the molecule is COc1ccc(C)cc1Cn1ccn(C(C)C)c1=O. The van der Waals surface area contributed by atoms with Crippen molar-refractivity contribution >= 4 is 0 Å². The topological polar surface area (TPSA) is 36.2 Å². The van der Waals surface area contributed by atoms with Crippen molar-refractivity contribution in [3.8, 4) is 5.75 Å². The first kappa shape index (κ1) is 13.5. The van der Waals surface area contributed by atoms with Gasteiger partial charge < -0.3 is 4.74 Å². The van der Waals surface area contributed by atoms with Gasteiger partial charge in [-0.25, -0.2) is 4.79 Å². The van der Waals surface area contributed by atoms with Gasteiger partial charge in [-0.1, -0.05) is 17.7 Å².